The van der Waals surface area contributed by atoms with E-state index in [1.165, 1.54) is 23.7 Å². The number of hydrogen-bond acceptors (Lipinski definition) is 5. The summed E-state index contributed by atoms with van der Waals surface area (Å²) in [5.41, 5.74) is 1.43. The van der Waals surface area contributed by atoms with Crippen molar-refractivity contribution in [3.63, 3.8) is 0 Å². The Morgan fingerprint density at radius 3 is 2.46 bits per heavy atom. The van der Waals surface area contributed by atoms with Gasteiger partial charge in [0.2, 0.25) is 5.91 Å². The molecule has 2 rings (SSSR count). The monoisotopic (exact) mass is 420 g/mol. The first-order valence-corrected chi connectivity index (χ1v) is 10.1. The molecule has 148 valence electrons. The van der Waals surface area contributed by atoms with Gasteiger partial charge in [0.1, 0.15) is 0 Å². The Bertz CT molecular complexity index is 842. The SMILES string of the molecule is CSc1ccccc1NC(=O)CN(C)C(=O)COC(=O)Cc1ccc(Cl)cc1. The number of carbonyl (C=O) groups is 3. The van der Waals surface area contributed by atoms with Crippen molar-refractivity contribution in [1.82, 2.24) is 4.90 Å². The molecule has 0 unspecified atom stereocenters. The van der Waals surface area contributed by atoms with Gasteiger partial charge in [-0.25, -0.2) is 0 Å². The quantitative estimate of drug-likeness (QED) is 0.524. The number of likely N-dealkylation sites (N-methyl/N-ethyl adjacent to an activating group) is 1. The van der Waals surface area contributed by atoms with Crippen LogP contribution >= 0.6 is 23.4 Å². The second kappa shape index (κ2) is 10.7. The van der Waals surface area contributed by atoms with Crippen LogP contribution in [0.5, 0.6) is 0 Å². The molecule has 0 heterocycles. The van der Waals surface area contributed by atoms with Crippen LogP contribution in [0.3, 0.4) is 0 Å². The number of amides is 2. The first kappa shape index (κ1) is 21.8. The molecule has 28 heavy (non-hydrogen) atoms. The molecule has 0 atom stereocenters. The fourth-order valence-corrected chi connectivity index (χ4v) is 2.99. The van der Waals surface area contributed by atoms with Gasteiger partial charge in [-0.05, 0) is 36.1 Å². The summed E-state index contributed by atoms with van der Waals surface area (Å²) in [7, 11) is 1.48. The third kappa shape index (κ3) is 6.90. The summed E-state index contributed by atoms with van der Waals surface area (Å²) in [5.74, 6) is -1.31. The molecule has 1 N–H and O–H groups in total. The van der Waals surface area contributed by atoms with E-state index in [9.17, 15) is 14.4 Å². The predicted molar refractivity (Wildman–Crippen MR) is 111 cm³/mol. The van der Waals surface area contributed by atoms with E-state index in [0.29, 0.717) is 10.7 Å². The highest BCUT2D eigenvalue weighted by atomic mass is 35.5. The van der Waals surface area contributed by atoms with Gasteiger partial charge in [-0.15, -0.1) is 11.8 Å². The molecule has 6 nitrogen and oxygen atoms in total. The van der Waals surface area contributed by atoms with E-state index in [4.69, 9.17) is 16.3 Å². The van der Waals surface area contributed by atoms with Crippen molar-refractivity contribution < 1.29 is 19.1 Å². The van der Waals surface area contributed by atoms with Crippen LogP contribution in [-0.2, 0) is 25.5 Å². The smallest absolute Gasteiger partial charge is 0.310 e. The molecule has 8 heteroatoms. The number of ether oxygens (including phenoxy) is 1. The Labute approximate surface area is 173 Å². The zero-order valence-electron chi connectivity index (χ0n) is 15.6. The lowest BCUT2D eigenvalue weighted by Crippen LogP contribution is -2.37. The number of halogens is 1. The number of nitrogens with one attached hydrogen (secondary N) is 1. The van der Waals surface area contributed by atoms with Crippen LogP contribution < -0.4 is 5.32 Å². The number of benzene rings is 2. The maximum absolute atomic E-state index is 12.2. The second-order valence-corrected chi connectivity index (χ2v) is 7.25. The van der Waals surface area contributed by atoms with Crippen molar-refractivity contribution in [3.8, 4) is 0 Å². The summed E-state index contributed by atoms with van der Waals surface area (Å²) in [6.45, 7) is -0.562. The number of carbonyl (C=O) groups excluding carboxylic acids is 3. The molecule has 2 aromatic carbocycles. The Morgan fingerprint density at radius 2 is 1.79 bits per heavy atom. The topological polar surface area (TPSA) is 75.7 Å². The fraction of sp³-hybridized carbons (Fsp3) is 0.250. The zero-order valence-corrected chi connectivity index (χ0v) is 17.2. The number of anilines is 1. The minimum atomic E-state index is -0.526. The molecule has 2 aromatic rings. The molecule has 0 radical (unpaired) electrons. The van der Waals surface area contributed by atoms with Crippen LogP contribution in [0.1, 0.15) is 5.56 Å². The Kier molecular flexibility index (Phi) is 8.35. The fourth-order valence-electron chi connectivity index (χ4n) is 2.31. The molecule has 0 saturated heterocycles. The van der Waals surface area contributed by atoms with Gasteiger partial charge >= 0.3 is 5.97 Å². The maximum Gasteiger partial charge on any atom is 0.310 e. The van der Waals surface area contributed by atoms with Crippen LogP contribution in [0, 0.1) is 0 Å². The summed E-state index contributed by atoms with van der Waals surface area (Å²) in [5, 5.41) is 3.35. The highest BCUT2D eigenvalue weighted by Crippen LogP contribution is 2.24. The van der Waals surface area contributed by atoms with Crippen molar-refractivity contribution in [3.05, 3.63) is 59.1 Å². The van der Waals surface area contributed by atoms with Crippen molar-refractivity contribution in [2.24, 2.45) is 0 Å². The highest BCUT2D eigenvalue weighted by Gasteiger charge is 2.16. The summed E-state index contributed by atoms with van der Waals surface area (Å²) < 4.78 is 5.00. The number of hydrogen-bond donors (Lipinski definition) is 1. The summed E-state index contributed by atoms with van der Waals surface area (Å²) in [6.07, 6.45) is 1.96. The summed E-state index contributed by atoms with van der Waals surface area (Å²) in [4.78, 5) is 38.3. The number of thioether (sulfide) groups is 1. The first-order chi connectivity index (χ1) is 13.4. The standard InChI is InChI=1S/C20H21ClN2O4S/c1-23(12-18(24)22-16-5-3-4-6-17(16)28-2)19(25)13-27-20(26)11-14-7-9-15(21)10-8-14/h3-10H,11-13H2,1-2H3,(H,22,24). The van der Waals surface area contributed by atoms with E-state index in [1.54, 1.807) is 30.3 Å². The molecule has 0 aliphatic rings. The average Bonchev–Trinajstić information content (AvgIpc) is 2.68. The molecular weight excluding hydrogens is 400 g/mol. The molecular formula is C20H21ClN2O4S. The van der Waals surface area contributed by atoms with E-state index in [-0.39, 0.29) is 18.9 Å². The summed E-state index contributed by atoms with van der Waals surface area (Å²) >= 11 is 7.31. The van der Waals surface area contributed by atoms with Gasteiger partial charge in [-0.1, -0.05) is 35.9 Å². The lowest BCUT2D eigenvalue weighted by molar-refractivity contribution is -0.151. The van der Waals surface area contributed by atoms with Crippen LogP contribution in [0.2, 0.25) is 5.02 Å². The van der Waals surface area contributed by atoms with Crippen LogP contribution in [0.25, 0.3) is 0 Å². The Balaban J connectivity index is 1.77. The molecule has 0 aliphatic carbocycles. The van der Waals surface area contributed by atoms with E-state index < -0.39 is 18.5 Å². The highest BCUT2D eigenvalue weighted by molar-refractivity contribution is 7.98. The number of esters is 1. The third-order valence-electron chi connectivity index (χ3n) is 3.81. The van der Waals surface area contributed by atoms with Crippen molar-refractivity contribution in [1.29, 1.82) is 0 Å². The van der Waals surface area contributed by atoms with E-state index in [1.807, 2.05) is 24.5 Å². The Hall–Kier alpha value is -2.51. The number of rotatable bonds is 8. The van der Waals surface area contributed by atoms with Gasteiger partial charge in [0.05, 0.1) is 18.7 Å². The zero-order chi connectivity index (χ0) is 20.5. The van der Waals surface area contributed by atoms with Gasteiger partial charge in [0.25, 0.3) is 5.91 Å². The van der Waals surface area contributed by atoms with E-state index >= 15 is 0 Å². The summed E-state index contributed by atoms with van der Waals surface area (Å²) in [6, 6.07) is 14.2. The van der Waals surface area contributed by atoms with Gasteiger partial charge in [-0.3, -0.25) is 14.4 Å². The normalized spacial score (nSPS) is 10.2. The van der Waals surface area contributed by atoms with Crippen LogP contribution in [0.4, 0.5) is 5.69 Å². The van der Waals surface area contributed by atoms with Crippen molar-refractivity contribution in [2.45, 2.75) is 11.3 Å². The Morgan fingerprint density at radius 1 is 1.11 bits per heavy atom. The number of para-hydroxylation sites is 1. The van der Waals surface area contributed by atoms with Crippen molar-refractivity contribution in [2.75, 3.05) is 31.8 Å². The molecule has 0 spiro atoms. The minimum Gasteiger partial charge on any atom is -0.455 e. The lowest BCUT2D eigenvalue weighted by Gasteiger charge is -2.17. The van der Waals surface area contributed by atoms with Crippen LogP contribution in [0.15, 0.2) is 53.4 Å². The van der Waals surface area contributed by atoms with Gasteiger partial charge in [0.15, 0.2) is 6.61 Å². The molecule has 0 saturated carbocycles. The lowest BCUT2D eigenvalue weighted by atomic mass is 10.1. The third-order valence-corrected chi connectivity index (χ3v) is 4.85. The molecule has 2 amide bonds. The predicted octanol–water partition coefficient (Wildman–Crippen LogP) is 3.24. The van der Waals surface area contributed by atoms with Crippen molar-refractivity contribution >= 4 is 46.8 Å². The van der Waals surface area contributed by atoms with Gasteiger partial charge in [-0.2, -0.15) is 0 Å². The molecule has 0 aromatic heterocycles. The van der Waals surface area contributed by atoms with E-state index in [0.717, 1.165) is 10.5 Å². The van der Waals surface area contributed by atoms with E-state index in [2.05, 4.69) is 5.32 Å². The van der Waals surface area contributed by atoms with Gasteiger partial charge < -0.3 is 15.0 Å². The average molecular weight is 421 g/mol. The molecule has 0 fully saturated rings. The minimum absolute atomic E-state index is 0.0418. The molecule has 0 aliphatic heterocycles. The first-order valence-electron chi connectivity index (χ1n) is 8.46. The molecule has 0 bridgehead atoms. The largest absolute Gasteiger partial charge is 0.455 e. The second-order valence-electron chi connectivity index (χ2n) is 5.96. The number of nitrogens with zero attached hydrogens (tertiary/aromatic N) is 1. The van der Waals surface area contributed by atoms with Gasteiger partial charge in [0, 0.05) is 17.0 Å². The maximum atomic E-state index is 12.2. The van der Waals surface area contributed by atoms with Crippen LogP contribution in [-0.4, -0.2) is 49.1 Å².